The summed E-state index contributed by atoms with van der Waals surface area (Å²) in [7, 11) is 0. The number of halogens is 2. The zero-order valence-electron chi connectivity index (χ0n) is 21.9. The van der Waals surface area contributed by atoms with E-state index < -0.39 is 0 Å². The third kappa shape index (κ3) is 8.33. The number of carbonyl (C=O) groups is 2. The van der Waals surface area contributed by atoms with Crippen molar-refractivity contribution in [3.63, 3.8) is 0 Å². The lowest BCUT2D eigenvalue weighted by atomic mass is 9.94. The molecule has 0 N–H and O–H groups in total. The number of nitrogens with zero attached hydrogens (tertiary/aromatic N) is 2. The van der Waals surface area contributed by atoms with Crippen molar-refractivity contribution in [1.82, 2.24) is 9.80 Å². The predicted molar refractivity (Wildman–Crippen MR) is 150 cm³/mol. The highest BCUT2D eigenvalue weighted by Crippen LogP contribution is 2.25. The highest BCUT2D eigenvalue weighted by Gasteiger charge is 2.35. The zero-order valence-corrected chi connectivity index (χ0v) is 23.4. The standard InChI is InChI=1S/C30H40Cl2N2O2/c1-4-17-33-21-30(36)34(18-16-25(33)13-10-23-8-6-5-7-9-23)28(19-22(2)3)29(35)15-12-24-11-14-26(31)27(32)20-24/h5-9,11,14,20,22,25,28H,4,10,12-13,15-19,21H2,1-3H3/t25?,28-/m1/s1. The van der Waals surface area contributed by atoms with E-state index in [-0.39, 0.29) is 17.7 Å². The Bertz CT molecular complexity index is 996. The van der Waals surface area contributed by atoms with Gasteiger partial charge in [-0.1, -0.05) is 80.4 Å². The van der Waals surface area contributed by atoms with Crippen molar-refractivity contribution in [3.8, 4) is 0 Å². The zero-order chi connectivity index (χ0) is 26.1. The number of aryl methyl sites for hydroxylation is 2. The van der Waals surface area contributed by atoms with E-state index in [1.54, 1.807) is 6.07 Å². The van der Waals surface area contributed by atoms with Gasteiger partial charge in [-0.2, -0.15) is 0 Å². The molecule has 4 nitrogen and oxygen atoms in total. The number of benzene rings is 2. The second-order valence-corrected chi connectivity index (χ2v) is 11.2. The topological polar surface area (TPSA) is 40.6 Å². The van der Waals surface area contributed by atoms with Gasteiger partial charge in [-0.3, -0.25) is 14.5 Å². The van der Waals surface area contributed by atoms with Crippen LogP contribution >= 0.6 is 23.2 Å². The molecule has 0 aliphatic carbocycles. The molecule has 1 heterocycles. The lowest BCUT2D eigenvalue weighted by molar-refractivity contribution is -0.140. The fourth-order valence-electron chi connectivity index (χ4n) is 5.18. The first-order valence-electron chi connectivity index (χ1n) is 13.3. The summed E-state index contributed by atoms with van der Waals surface area (Å²) in [5.41, 5.74) is 2.31. The molecule has 0 spiro atoms. The summed E-state index contributed by atoms with van der Waals surface area (Å²) in [4.78, 5) is 31.2. The normalized spacial score (nSPS) is 17.9. The molecule has 3 rings (SSSR count). The third-order valence-electron chi connectivity index (χ3n) is 7.08. The highest BCUT2D eigenvalue weighted by atomic mass is 35.5. The quantitative estimate of drug-likeness (QED) is 0.301. The van der Waals surface area contributed by atoms with Crippen LogP contribution in [0.15, 0.2) is 48.5 Å². The lowest BCUT2D eigenvalue weighted by Gasteiger charge is -2.31. The number of amides is 1. The summed E-state index contributed by atoms with van der Waals surface area (Å²) < 4.78 is 0. The van der Waals surface area contributed by atoms with Crippen molar-refractivity contribution < 1.29 is 9.59 Å². The van der Waals surface area contributed by atoms with Gasteiger partial charge in [-0.05, 0) is 74.2 Å². The predicted octanol–water partition coefficient (Wildman–Crippen LogP) is 6.86. The molecule has 1 amide bonds. The van der Waals surface area contributed by atoms with Crippen LogP contribution in [0.3, 0.4) is 0 Å². The molecular weight excluding hydrogens is 491 g/mol. The Morgan fingerprint density at radius 3 is 2.44 bits per heavy atom. The van der Waals surface area contributed by atoms with E-state index in [9.17, 15) is 9.59 Å². The van der Waals surface area contributed by atoms with Gasteiger partial charge < -0.3 is 4.90 Å². The van der Waals surface area contributed by atoms with Crippen LogP contribution in [0.2, 0.25) is 10.0 Å². The van der Waals surface area contributed by atoms with Crippen LogP contribution in [-0.2, 0) is 22.4 Å². The van der Waals surface area contributed by atoms with Crippen molar-refractivity contribution >= 4 is 34.9 Å². The van der Waals surface area contributed by atoms with Gasteiger partial charge >= 0.3 is 0 Å². The average Bonchev–Trinajstić information content (AvgIpc) is 3.00. The highest BCUT2D eigenvalue weighted by molar-refractivity contribution is 6.42. The molecular formula is C30H40Cl2N2O2. The number of ketones is 1. The van der Waals surface area contributed by atoms with Gasteiger partial charge in [-0.15, -0.1) is 0 Å². The van der Waals surface area contributed by atoms with Crippen molar-refractivity contribution in [2.24, 2.45) is 5.92 Å². The average molecular weight is 532 g/mol. The minimum atomic E-state index is -0.378. The van der Waals surface area contributed by atoms with Crippen LogP contribution in [0.1, 0.15) is 64.0 Å². The molecule has 0 aromatic heterocycles. The smallest absolute Gasteiger partial charge is 0.237 e. The monoisotopic (exact) mass is 530 g/mol. The van der Waals surface area contributed by atoms with E-state index >= 15 is 0 Å². The summed E-state index contributed by atoms with van der Waals surface area (Å²) in [6, 6.07) is 16.0. The van der Waals surface area contributed by atoms with Gasteiger partial charge in [0.2, 0.25) is 5.91 Å². The Kier molecular flexibility index (Phi) is 11.3. The number of Topliss-reactive ketones (excluding diaryl/α,β-unsaturated/α-hetero) is 1. The Morgan fingerprint density at radius 1 is 1.03 bits per heavy atom. The summed E-state index contributed by atoms with van der Waals surface area (Å²) in [5, 5.41) is 1.01. The summed E-state index contributed by atoms with van der Waals surface area (Å²) in [6.45, 7) is 8.33. The van der Waals surface area contributed by atoms with Crippen LogP contribution < -0.4 is 0 Å². The number of rotatable bonds is 12. The summed E-state index contributed by atoms with van der Waals surface area (Å²) >= 11 is 12.2. The molecule has 1 saturated heterocycles. The van der Waals surface area contributed by atoms with Crippen molar-refractivity contribution in [3.05, 3.63) is 69.7 Å². The molecule has 1 aliphatic heterocycles. The first kappa shape index (κ1) is 28.7. The molecule has 0 saturated carbocycles. The second-order valence-electron chi connectivity index (χ2n) is 10.4. The largest absolute Gasteiger partial charge is 0.331 e. The number of hydrogen-bond acceptors (Lipinski definition) is 3. The first-order valence-corrected chi connectivity index (χ1v) is 14.1. The van der Waals surface area contributed by atoms with Gasteiger partial charge in [-0.25, -0.2) is 0 Å². The SMILES string of the molecule is CCCN1CC(=O)N([C@H](CC(C)C)C(=O)CCc2ccc(Cl)c(Cl)c2)CCC1CCc1ccccc1. The summed E-state index contributed by atoms with van der Waals surface area (Å²) in [6.07, 6.45) is 5.58. The van der Waals surface area contributed by atoms with Crippen LogP contribution in [0.5, 0.6) is 0 Å². The fraction of sp³-hybridized carbons (Fsp3) is 0.533. The van der Waals surface area contributed by atoms with E-state index in [4.69, 9.17) is 23.2 Å². The van der Waals surface area contributed by atoms with Crippen LogP contribution in [0.4, 0.5) is 0 Å². The van der Waals surface area contributed by atoms with Gasteiger partial charge in [0.05, 0.1) is 22.6 Å². The van der Waals surface area contributed by atoms with Crippen LogP contribution in [0.25, 0.3) is 0 Å². The molecule has 0 bridgehead atoms. The molecule has 6 heteroatoms. The minimum absolute atomic E-state index is 0.0826. The molecule has 1 unspecified atom stereocenters. The van der Waals surface area contributed by atoms with Crippen LogP contribution in [-0.4, -0.2) is 53.2 Å². The van der Waals surface area contributed by atoms with Crippen molar-refractivity contribution in [2.75, 3.05) is 19.6 Å². The van der Waals surface area contributed by atoms with Crippen molar-refractivity contribution in [2.45, 2.75) is 77.8 Å². The number of hydrogen-bond donors (Lipinski definition) is 0. The Balaban J connectivity index is 1.71. The van der Waals surface area contributed by atoms with E-state index in [1.807, 2.05) is 23.1 Å². The van der Waals surface area contributed by atoms with Crippen LogP contribution in [0, 0.1) is 5.92 Å². The minimum Gasteiger partial charge on any atom is -0.331 e. The van der Waals surface area contributed by atoms with E-state index in [1.165, 1.54) is 5.56 Å². The maximum absolute atomic E-state index is 13.5. The molecule has 1 fully saturated rings. The molecule has 36 heavy (non-hydrogen) atoms. The molecule has 2 atom stereocenters. The maximum Gasteiger partial charge on any atom is 0.237 e. The molecule has 0 radical (unpaired) electrons. The molecule has 1 aliphatic rings. The fourth-order valence-corrected chi connectivity index (χ4v) is 5.50. The second kappa shape index (κ2) is 14.2. The molecule has 2 aromatic rings. The van der Waals surface area contributed by atoms with Gasteiger partial charge in [0.1, 0.15) is 0 Å². The lowest BCUT2D eigenvalue weighted by Crippen LogP contribution is -2.48. The van der Waals surface area contributed by atoms with Gasteiger partial charge in [0.25, 0.3) is 0 Å². The third-order valence-corrected chi connectivity index (χ3v) is 7.82. The Morgan fingerprint density at radius 2 is 1.78 bits per heavy atom. The molecule has 2 aromatic carbocycles. The van der Waals surface area contributed by atoms with Gasteiger partial charge in [0, 0.05) is 19.0 Å². The van der Waals surface area contributed by atoms with Crippen molar-refractivity contribution in [1.29, 1.82) is 0 Å². The maximum atomic E-state index is 13.5. The Labute approximate surface area is 227 Å². The van der Waals surface area contributed by atoms with E-state index in [0.717, 1.165) is 37.8 Å². The van der Waals surface area contributed by atoms with E-state index in [0.29, 0.717) is 54.4 Å². The van der Waals surface area contributed by atoms with Gasteiger partial charge in [0.15, 0.2) is 5.78 Å². The first-order chi connectivity index (χ1) is 17.3. The summed E-state index contributed by atoms with van der Waals surface area (Å²) in [5.74, 6) is 0.535. The Hall–Kier alpha value is -1.88. The number of carbonyl (C=O) groups excluding carboxylic acids is 2. The van der Waals surface area contributed by atoms with E-state index in [2.05, 4.69) is 49.9 Å². The molecule has 196 valence electrons.